The molecule has 0 saturated carbocycles. The van der Waals surface area contributed by atoms with Gasteiger partial charge in [-0.2, -0.15) is 0 Å². The predicted octanol–water partition coefficient (Wildman–Crippen LogP) is -0.0562. The van der Waals surface area contributed by atoms with Crippen molar-refractivity contribution in [2.24, 2.45) is 5.73 Å². The second-order valence-electron chi connectivity index (χ2n) is 2.42. The van der Waals surface area contributed by atoms with Crippen molar-refractivity contribution in [2.75, 3.05) is 6.26 Å². The molecule has 0 fully saturated rings. The van der Waals surface area contributed by atoms with Gasteiger partial charge in [0.05, 0.1) is 10.6 Å². The number of hydrogen-bond acceptors (Lipinski definition) is 4. The first-order valence-electron chi connectivity index (χ1n) is 3.39. The van der Waals surface area contributed by atoms with Gasteiger partial charge in [-0.1, -0.05) is 0 Å². The summed E-state index contributed by atoms with van der Waals surface area (Å²) in [5, 5.41) is 0. The molecular weight excluding hydrogens is 176 g/mol. The monoisotopic (exact) mass is 186 g/mol. The summed E-state index contributed by atoms with van der Waals surface area (Å²) in [4.78, 5) is 4.07. The second kappa shape index (κ2) is 3.20. The van der Waals surface area contributed by atoms with E-state index >= 15 is 0 Å². The van der Waals surface area contributed by atoms with Gasteiger partial charge >= 0.3 is 0 Å². The van der Waals surface area contributed by atoms with Gasteiger partial charge in [0.2, 0.25) is 0 Å². The zero-order valence-electron chi connectivity index (χ0n) is 6.69. The Hall–Kier alpha value is -0.940. The number of hydrogen-bond donors (Lipinski definition) is 1. The van der Waals surface area contributed by atoms with E-state index in [4.69, 9.17) is 5.73 Å². The lowest BCUT2D eigenvalue weighted by molar-refractivity contribution is 0.600. The molecule has 0 aliphatic heterocycles. The van der Waals surface area contributed by atoms with Crippen molar-refractivity contribution in [1.29, 1.82) is 0 Å². The predicted molar refractivity (Wildman–Crippen MR) is 45.2 cm³/mol. The van der Waals surface area contributed by atoms with E-state index in [-0.39, 0.29) is 11.4 Å². The quantitative estimate of drug-likeness (QED) is 0.702. The van der Waals surface area contributed by atoms with Crippen molar-refractivity contribution < 1.29 is 8.42 Å². The highest BCUT2D eigenvalue weighted by Gasteiger charge is 2.11. The van der Waals surface area contributed by atoms with Gasteiger partial charge in [-0.25, -0.2) is 8.42 Å². The minimum absolute atomic E-state index is 0.142. The van der Waals surface area contributed by atoms with E-state index in [1.165, 1.54) is 12.3 Å². The standard InChI is InChI=1S/C7H10N2O2S/c1-12(10,11)7-3-2-4-9-6(7)5-8/h2-4H,5,8H2,1H3. The van der Waals surface area contributed by atoms with Crippen LogP contribution in [0.3, 0.4) is 0 Å². The first-order valence-corrected chi connectivity index (χ1v) is 5.29. The summed E-state index contributed by atoms with van der Waals surface area (Å²) < 4.78 is 22.2. The highest BCUT2D eigenvalue weighted by Crippen LogP contribution is 2.11. The maximum Gasteiger partial charge on any atom is 0.177 e. The largest absolute Gasteiger partial charge is 0.325 e. The highest BCUT2D eigenvalue weighted by molar-refractivity contribution is 7.90. The van der Waals surface area contributed by atoms with Crippen molar-refractivity contribution in [2.45, 2.75) is 11.4 Å². The lowest BCUT2D eigenvalue weighted by atomic mass is 10.3. The van der Waals surface area contributed by atoms with Crippen molar-refractivity contribution in [3.63, 3.8) is 0 Å². The van der Waals surface area contributed by atoms with Gasteiger partial charge in [-0.3, -0.25) is 4.98 Å². The Kier molecular flexibility index (Phi) is 2.44. The van der Waals surface area contributed by atoms with Gasteiger partial charge < -0.3 is 5.73 Å². The van der Waals surface area contributed by atoms with E-state index in [1.807, 2.05) is 0 Å². The topological polar surface area (TPSA) is 73.0 Å². The summed E-state index contributed by atoms with van der Waals surface area (Å²) in [5.41, 5.74) is 5.74. The smallest absolute Gasteiger partial charge is 0.177 e. The zero-order valence-corrected chi connectivity index (χ0v) is 7.50. The lowest BCUT2D eigenvalue weighted by Gasteiger charge is -2.02. The van der Waals surface area contributed by atoms with Crippen LogP contribution in [0.15, 0.2) is 23.2 Å². The Bertz CT molecular complexity index is 373. The Balaban J connectivity index is 3.33. The van der Waals surface area contributed by atoms with E-state index in [2.05, 4.69) is 4.98 Å². The van der Waals surface area contributed by atoms with Gasteiger partial charge in [0.25, 0.3) is 0 Å². The Morgan fingerprint density at radius 2 is 2.25 bits per heavy atom. The molecule has 4 nitrogen and oxygen atoms in total. The van der Waals surface area contributed by atoms with Crippen LogP contribution in [0.25, 0.3) is 0 Å². The van der Waals surface area contributed by atoms with Crippen LogP contribution in [-0.4, -0.2) is 19.7 Å². The summed E-state index contributed by atoms with van der Waals surface area (Å²) in [6, 6.07) is 3.08. The summed E-state index contributed by atoms with van der Waals surface area (Å²) in [7, 11) is -3.19. The zero-order chi connectivity index (χ0) is 9.19. The number of aromatic nitrogens is 1. The molecule has 1 heterocycles. The molecular formula is C7H10N2O2S. The highest BCUT2D eigenvalue weighted by atomic mass is 32.2. The Labute approximate surface area is 71.3 Å². The summed E-state index contributed by atoms with van der Waals surface area (Å²) in [5.74, 6) is 0. The molecule has 0 atom stereocenters. The van der Waals surface area contributed by atoms with Crippen LogP contribution in [0.4, 0.5) is 0 Å². The molecule has 66 valence electrons. The van der Waals surface area contributed by atoms with Crippen LogP contribution in [0.2, 0.25) is 0 Å². The summed E-state index contributed by atoms with van der Waals surface area (Å²) in [6.45, 7) is 0.142. The van der Waals surface area contributed by atoms with Crippen LogP contribution in [0.1, 0.15) is 5.69 Å². The van der Waals surface area contributed by atoms with E-state index in [0.717, 1.165) is 6.26 Å². The molecule has 2 N–H and O–H groups in total. The minimum atomic E-state index is -3.19. The molecule has 0 spiro atoms. The van der Waals surface area contributed by atoms with Crippen LogP contribution in [-0.2, 0) is 16.4 Å². The van der Waals surface area contributed by atoms with Gasteiger partial charge in [0, 0.05) is 19.0 Å². The van der Waals surface area contributed by atoms with Crippen molar-refractivity contribution in [3.8, 4) is 0 Å². The Morgan fingerprint density at radius 1 is 1.58 bits per heavy atom. The number of pyridine rings is 1. The molecule has 1 aromatic rings. The maximum atomic E-state index is 11.1. The van der Waals surface area contributed by atoms with Gasteiger partial charge in [-0.05, 0) is 12.1 Å². The molecule has 0 amide bonds. The maximum absolute atomic E-state index is 11.1. The van der Waals surface area contributed by atoms with Gasteiger partial charge in [0.1, 0.15) is 0 Å². The first kappa shape index (κ1) is 9.15. The first-order chi connectivity index (χ1) is 5.55. The summed E-state index contributed by atoms with van der Waals surface area (Å²) in [6.07, 6.45) is 2.67. The molecule has 0 bridgehead atoms. The van der Waals surface area contributed by atoms with Crippen LogP contribution in [0, 0.1) is 0 Å². The van der Waals surface area contributed by atoms with Crippen LogP contribution >= 0.6 is 0 Å². The van der Waals surface area contributed by atoms with Crippen molar-refractivity contribution in [1.82, 2.24) is 4.98 Å². The summed E-state index contributed by atoms with van der Waals surface area (Å²) >= 11 is 0. The molecule has 0 saturated heterocycles. The molecule has 0 aromatic carbocycles. The third-order valence-electron chi connectivity index (χ3n) is 1.44. The van der Waals surface area contributed by atoms with E-state index in [9.17, 15) is 8.42 Å². The fourth-order valence-electron chi connectivity index (χ4n) is 0.914. The molecule has 0 unspecified atom stereocenters. The molecule has 12 heavy (non-hydrogen) atoms. The molecule has 0 aliphatic rings. The van der Waals surface area contributed by atoms with E-state index in [0.29, 0.717) is 5.69 Å². The van der Waals surface area contributed by atoms with Crippen molar-refractivity contribution in [3.05, 3.63) is 24.0 Å². The average molecular weight is 186 g/mol. The third-order valence-corrected chi connectivity index (χ3v) is 2.61. The van der Waals surface area contributed by atoms with Gasteiger partial charge in [-0.15, -0.1) is 0 Å². The molecule has 1 rings (SSSR count). The van der Waals surface area contributed by atoms with Crippen LogP contribution < -0.4 is 5.73 Å². The number of rotatable bonds is 2. The molecule has 1 aromatic heterocycles. The SMILES string of the molecule is CS(=O)(=O)c1cccnc1CN. The minimum Gasteiger partial charge on any atom is -0.325 e. The normalized spacial score (nSPS) is 11.5. The number of nitrogens with zero attached hydrogens (tertiary/aromatic N) is 1. The average Bonchev–Trinajstić information content (AvgIpc) is 2.03. The van der Waals surface area contributed by atoms with Crippen molar-refractivity contribution >= 4 is 9.84 Å². The second-order valence-corrected chi connectivity index (χ2v) is 4.41. The number of sulfone groups is 1. The van der Waals surface area contributed by atoms with E-state index < -0.39 is 9.84 Å². The fraction of sp³-hybridized carbons (Fsp3) is 0.286. The molecule has 0 aliphatic carbocycles. The Morgan fingerprint density at radius 3 is 2.67 bits per heavy atom. The van der Waals surface area contributed by atoms with Gasteiger partial charge in [0.15, 0.2) is 9.84 Å². The fourth-order valence-corrected chi connectivity index (χ4v) is 1.80. The molecule has 5 heteroatoms. The van der Waals surface area contributed by atoms with E-state index in [1.54, 1.807) is 6.07 Å². The number of nitrogens with two attached hydrogens (primary N) is 1. The van der Waals surface area contributed by atoms with Crippen LogP contribution in [0.5, 0.6) is 0 Å². The lowest BCUT2D eigenvalue weighted by Crippen LogP contribution is -2.08. The third kappa shape index (κ3) is 1.80. The molecule has 0 radical (unpaired) electrons.